The number of nitrogens with one attached hydrogen (secondary N) is 1. The predicted molar refractivity (Wildman–Crippen MR) is 72.5 cm³/mol. The lowest BCUT2D eigenvalue weighted by Crippen LogP contribution is -2.34. The third kappa shape index (κ3) is 3.12. The maximum atomic E-state index is 5.48. The Morgan fingerprint density at radius 2 is 2.22 bits per heavy atom. The van der Waals surface area contributed by atoms with Crippen LogP contribution < -0.4 is 5.32 Å². The first kappa shape index (κ1) is 13.6. The van der Waals surface area contributed by atoms with Crippen LogP contribution in [0.15, 0.2) is 12.3 Å². The molecule has 0 bridgehead atoms. The van der Waals surface area contributed by atoms with Gasteiger partial charge in [0.25, 0.3) is 0 Å². The average Bonchev–Trinajstić information content (AvgIpc) is 2.89. The molecule has 1 saturated heterocycles. The fourth-order valence-electron chi connectivity index (χ4n) is 2.73. The molecule has 4 nitrogen and oxygen atoms in total. The minimum atomic E-state index is 0.427. The van der Waals surface area contributed by atoms with E-state index in [0.29, 0.717) is 12.0 Å². The molecule has 1 fully saturated rings. The van der Waals surface area contributed by atoms with E-state index in [1.807, 2.05) is 6.20 Å². The average molecular weight is 251 g/mol. The Kier molecular flexibility index (Phi) is 5.20. The van der Waals surface area contributed by atoms with Crippen molar-refractivity contribution in [2.45, 2.75) is 45.7 Å². The molecular formula is C14H25N3O. The summed E-state index contributed by atoms with van der Waals surface area (Å²) in [6.07, 6.45) is 5.38. The molecule has 0 aliphatic carbocycles. The van der Waals surface area contributed by atoms with Gasteiger partial charge in [-0.05, 0) is 44.7 Å². The van der Waals surface area contributed by atoms with Crippen LogP contribution >= 0.6 is 0 Å². The number of aryl methyl sites for hydroxylation is 1. The Balaban J connectivity index is 2.12. The molecule has 1 N–H and O–H groups in total. The third-order valence-corrected chi connectivity index (χ3v) is 3.72. The van der Waals surface area contributed by atoms with Crippen LogP contribution in [-0.4, -0.2) is 29.5 Å². The van der Waals surface area contributed by atoms with E-state index in [1.165, 1.54) is 12.1 Å². The first-order chi connectivity index (χ1) is 8.86. The van der Waals surface area contributed by atoms with Crippen LogP contribution in [0.1, 0.15) is 44.8 Å². The maximum Gasteiger partial charge on any atom is 0.0556 e. The molecule has 0 aromatic carbocycles. The first-order valence-electron chi connectivity index (χ1n) is 7.19. The normalized spacial score (nSPS) is 19.0. The minimum absolute atomic E-state index is 0.427. The summed E-state index contributed by atoms with van der Waals surface area (Å²) in [5.74, 6) is 0.673. The second kappa shape index (κ2) is 6.90. The summed E-state index contributed by atoms with van der Waals surface area (Å²) in [5, 5.41) is 8.10. The van der Waals surface area contributed by atoms with Crippen molar-refractivity contribution in [1.29, 1.82) is 0 Å². The van der Waals surface area contributed by atoms with Gasteiger partial charge in [0.1, 0.15) is 0 Å². The summed E-state index contributed by atoms with van der Waals surface area (Å²) in [6.45, 7) is 8.17. The summed E-state index contributed by atoms with van der Waals surface area (Å²) in [7, 11) is 0. The van der Waals surface area contributed by atoms with Crippen LogP contribution in [0.5, 0.6) is 0 Å². The van der Waals surface area contributed by atoms with Gasteiger partial charge in [-0.3, -0.25) is 4.68 Å². The fraction of sp³-hybridized carbons (Fsp3) is 0.786. The van der Waals surface area contributed by atoms with Gasteiger partial charge in [-0.1, -0.05) is 6.92 Å². The number of aromatic nitrogens is 2. The zero-order valence-electron chi connectivity index (χ0n) is 11.6. The molecule has 0 amide bonds. The van der Waals surface area contributed by atoms with Crippen molar-refractivity contribution >= 4 is 0 Å². The highest BCUT2D eigenvalue weighted by Crippen LogP contribution is 2.29. The van der Waals surface area contributed by atoms with Gasteiger partial charge < -0.3 is 10.1 Å². The zero-order valence-corrected chi connectivity index (χ0v) is 11.6. The molecule has 1 aliphatic rings. The van der Waals surface area contributed by atoms with Crippen molar-refractivity contribution in [3.05, 3.63) is 18.0 Å². The standard InChI is InChI=1S/C14H25N3O/c1-3-8-15-14(12-6-10-18-11-7-12)13-5-9-16-17(13)4-2/h5,9,12,14-15H,3-4,6-8,10-11H2,1-2H3. The second-order valence-electron chi connectivity index (χ2n) is 4.95. The fourth-order valence-corrected chi connectivity index (χ4v) is 2.73. The topological polar surface area (TPSA) is 39.1 Å². The Bertz CT molecular complexity index is 345. The van der Waals surface area contributed by atoms with E-state index in [2.05, 4.69) is 35.0 Å². The molecule has 0 radical (unpaired) electrons. The maximum absolute atomic E-state index is 5.48. The Hall–Kier alpha value is -0.870. The van der Waals surface area contributed by atoms with Gasteiger partial charge in [0.15, 0.2) is 0 Å². The highest BCUT2D eigenvalue weighted by Gasteiger charge is 2.27. The molecule has 1 unspecified atom stereocenters. The monoisotopic (exact) mass is 251 g/mol. The van der Waals surface area contributed by atoms with Crippen LogP contribution in [0.4, 0.5) is 0 Å². The molecular weight excluding hydrogens is 226 g/mol. The molecule has 0 saturated carbocycles. The van der Waals surface area contributed by atoms with Crippen LogP contribution in [0.3, 0.4) is 0 Å². The molecule has 102 valence electrons. The number of rotatable bonds is 6. The van der Waals surface area contributed by atoms with Crippen molar-refractivity contribution in [2.24, 2.45) is 5.92 Å². The van der Waals surface area contributed by atoms with Gasteiger partial charge in [0.2, 0.25) is 0 Å². The van der Waals surface area contributed by atoms with E-state index in [9.17, 15) is 0 Å². The lowest BCUT2D eigenvalue weighted by molar-refractivity contribution is 0.0524. The molecule has 1 aromatic rings. The Morgan fingerprint density at radius 1 is 1.44 bits per heavy atom. The molecule has 2 rings (SSSR count). The number of nitrogens with zero attached hydrogens (tertiary/aromatic N) is 2. The van der Waals surface area contributed by atoms with Crippen molar-refractivity contribution < 1.29 is 4.74 Å². The summed E-state index contributed by atoms with van der Waals surface area (Å²) in [4.78, 5) is 0. The zero-order chi connectivity index (χ0) is 12.8. The third-order valence-electron chi connectivity index (χ3n) is 3.72. The summed E-state index contributed by atoms with van der Waals surface area (Å²) >= 11 is 0. The second-order valence-corrected chi connectivity index (χ2v) is 4.95. The van der Waals surface area contributed by atoms with Gasteiger partial charge in [-0.2, -0.15) is 5.10 Å². The van der Waals surface area contributed by atoms with Crippen molar-refractivity contribution in [2.75, 3.05) is 19.8 Å². The number of hydrogen-bond acceptors (Lipinski definition) is 3. The van der Waals surface area contributed by atoms with Crippen molar-refractivity contribution in [1.82, 2.24) is 15.1 Å². The molecule has 1 atom stereocenters. The van der Waals surface area contributed by atoms with Gasteiger partial charge >= 0.3 is 0 Å². The van der Waals surface area contributed by atoms with E-state index < -0.39 is 0 Å². The highest BCUT2D eigenvalue weighted by molar-refractivity contribution is 5.09. The van der Waals surface area contributed by atoms with E-state index >= 15 is 0 Å². The highest BCUT2D eigenvalue weighted by atomic mass is 16.5. The molecule has 4 heteroatoms. The predicted octanol–water partition coefficient (Wildman–Crippen LogP) is 2.37. The largest absolute Gasteiger partial charge is 0.381 e. The van der Waals surface area contributed by atoms with E-state index in [4.69, 9.17) is 4.74 Å². The number of ether oxygens (including phenoxy) is 1. The van der Waals surface area contributed by atoms with Gasteiger partial charge in [0, 0.05) is 26.0 Å². The molecule has 1 aromatic heterocycles. The van der Waals surface area contributed by atoms with Gasteiger partial charge in [0.05, 0.1) is 11.7 Å². The van der Waals surface area contributed by atoms with Crippen LogP contribution in [0.25, 0.3) is 0 Å². The van der Waals surface area contributed by atoms with Crippen LogP contribution in [0, 0.1) is 5.92 Å². The molecule has 1 aliphatic heterocycles. The van der Waals surface area contributed by atoms with E-state index in [0.717, 1.165) is 39.1 Å². The van der Waals surface area contributed by atoms with E-state index in [1.54, 1.807) is 0 Å². The molecule has 2 heterocycles. The van der Waals surface area contributed by atoms with Crippen molar-refractivity contribution in [3.63, 3.8) is 0 Å². The smallest absolute Gasteiger partial charge is 0.0556 e. The summed E-state index contributed by atoms with van der Waals surface area (Å²) in [5.41, 5.74) is 1.33. The molecule has 0 spiro atoms. The Labute approximate surface area is 110 Å². The lowest BCUT2D eigenvalue weighted by Gasteiger charge is -2.31. The van der Waals surface area contributed by atoms with E-state index in [-0.39, 0.29) is 0 Å². The van der Waals surface area contributed by atoms with Gasteiger partial charge in [-0.25, -0.2) is 0 Å². The lowest BCUT2D eigenvalue weighted by atomic mass is 9.89. The number of hydrogen-bond donors (Lipinski definition) is 1. The first-order valence-corrected chi connectivity index (χ1v) is 7.19. The minimum Gasteiger partial charge on any atom is -0.381 e. The van der Waals surface area contributed by atoms with Gasteiger partial charge in [-0.15, -0.1) is 0 Å². The summed E-state index contributed by atoms with van der Waals surface area (Å²) in [6, 6.07) is 2.59. The van der Waals surface area contributed by atoms with Crippen LogP contribution in [-0.2, 0) is 11.3 Å². The van der Waals surface area contributed by atoms with Crippen molar-refractivity contribution in [3.8, 4) is 0 Å². The Morgan fingerprint density at radius 3 is 2.89 bits per heavy atom. The quantitative estimate of drug-likeness (QED) is 0.843. The molecule has 18 heavy (non-hydrogen) atoms. The summed E-state index contributed by atoms with van der Waals surface area (Å²) < 4.78 is 7.59. The SMILES string of the molecule is CCCNC(c1ccnn1CC)C1CCOCC1. The van der Waals surface area contributed by atoms with Crippen LogP contribution in [0.2, 0.25) is 0 Å².